The highest BCUT2D eigenvalue weighted by Gasteiger charge is 2.19. The van der Waals surface area contributed by atoms with Crippen LogP contribution in [-0.4, -0.2) is 12.8 Å². The molecule has 1 aromatic rings. The number of benzene rings is 1. The minimum Gasteiger partial charge on any atom is -0.399 e. The Kier molecular flexibility index (Phi) is 3.97. The standard InChI is InChI=1S/C15H23NO/c1-10-8-13(12(3)16-17-7)9-11(2)14(10)15(4,5)6/h8-9H,1-7H3/b16-12+. The van der Waals surface area contributed by atoms with Crippen LogP contribution in [0.3, 0.4) is 0 Å². The molecule has 0 aliphatic carbocycles. The summed E-state index contributed by atoms with van der Waals surface area (Å²) in [5.74, 6) is 0. The number of oxime groups is 1. The molecule has 0 heterocycles. The highest BCUT2D eigenvalue weighted by atomic mass is 16.6. The van der Waals surface area contributed by atoms with Crippen LogP contribution in [0.1, 0.15) is 49.9 Å². The molecule has 1 rings (SSSR count). The summed E-state index contributed by atoms with van der Waals surface area (Å²) in [6.07, 6.45) is 0. The van der Waals surface area contributed by atoms with Crippen LogP contribution < -0.4 is 0 Å². The Morgan fingerprint density at radius 1 is 1.12 bits per heavy atom. The molecule has 94 valence electrons. The van der Waals surface area contributed by atoms with E-state index in [4.69, 9.17) is 4.84 Å². The first kappa shape index (κ1) is 13.8. The summed E-state index contributed by atoms with van der Waals surface area (Å²) in [4.78, 5) is 4.82. The van der Waals surface area contributed by atoms with Gasteiger partial charge >= 0.3 is 0 Å². The van der Waals surface area contributed by atoms with Gasteiger partial charge in [-0.15, -0.1) is 0 Å². The van der Waals surface area contributed by atoms with Gasteiger partial charge in [-0.1, -0.05) is 25.9 Å². The molecule has 0 unspecified atom stereocenters. The first-order valence-corrected chi connectivity index (χ1v) is 5.97. The van der Waals surface area contributed by atoms with E-state index in [1.165, 1.54) is 16.7 Å². The van der Waals surface area contributed by atoms with Crippen molar-refractivity contribution in [1.82, 2.24) is 0 Å². The minimum absolute atomic E-state index is 0.180. The summed E-state index contributed by atoms with van der Waals surface area (Å²) in [7, 11) is 1.58. The Bertz CT molecular complexity index is 416. The van der Waals surface area contributed by atoms with Gasteiger partial charge in [0.1, 0.15) is 7.11 Å². The van der Waals surface area contributed by atoms with Gasteiger partial charge in [0.15, 0.2) is 0 Å². The molecule has 2 nitrogen and oxygen atoms in total. The van der Waals surface area contributed by atoms with Gasteiger partial charge in [-0.25, -0.2) is 0 Å². The third-order valence-electron chi connectivity index (χ3n) is 2.93. The molecule has 0 saturated carbocycles. The van der Waals surface area contributed by atoms with Gasteiger partial charge in [-0.2, -0.15) is 0 Å². The minimum atomic E-state index is 0.180. The second-order valence-electron chi connectivity index (χ2n) is 5.59. The van der Waals surface area contributed by atoms with Crippen LogP contribution in [0.5, 0.6) is 0 Å². The van der Waals surface area contributed by atoms with Crippen molar-refractivity contribution >= 4 is 5.71 Å². The van der Waals surface area contributed by atoms with E-state index in [0.717, 1.165) is 11.3 Å². The molecule has 0 aromatic heterocycles. The van der Waals surface area contributed by atoms with E-state index in [9.17, 15) is 0 Å². The third kappa shape index (κ3) is 3.09. The van der Waals surface area contributed by atoms with E-state index in [-0.39, 0.29) is 5.41 Å². The molecule has 0 N–H and O–H groups in total. The van der Waals surface area contributed by atoms with Crippen LogP contribution in [-0.2, 0) is 10.3 Å². The predicted octanol–water partition coefficient (Wildman–Crippen LogP) is 3.97. The fourth-order valence-electron chi connectivity index (χ4n) is 2.55. The maximum Gasteiger partial charge on any atom is 0.106 e. The van der Waals surface area contributed by atoms with Gasteiger partial charge in [0.05, 0.1) is 5.71 Å². The first-order valence-electron chi connectivity index (χ1n) is 5.97. The quantitative estimate of drug-likeness (QED) is 0.559. The molecule has 0 amide bonds. The smallest absolute Gasteiger partial charge is 0.106 e. The van der Waals surface area contributed by atoms with Crippen molar-refractivity contribution < 1.29 is 4.84 Å². The van der Waals surface area contributed by atoms with E-state index < -0.39 is 0 Å². The lowest BCUT2D eigenvalue weighted by atomic mass is 9.80. The Labute approximate surface area is 105 Å². The number of rotatable bonds is 2. The normalized spacial score (nSPS) is 12.8. The van der Waals surface area contributed by atoms with Crippen molar-refractivity contribution in [1.29, 1.82) is 0 Å². The number of hydrogen-bond acceptors (Lipinski definition) is 2. The zero-order valence-electron chi connectivity index (χ0n) is 12.0. The number of hydrogen-bond donors (Lipinski definition) is 0. The monoisotopic (exact) mass is 233 g/mol. The van der Waals surface area contributed by atoms with E-state index in [0.29, 0.717) is 0 Å². The zero-order chi connectivity index (χ0) is 13.2. The molecule has 0 bridgehead atoms. The highest BCUT2D eigenvalue weighted by Crippen LogP contribution is 2.29. The van der Waals surface area contributed by atoms with Crippen molar-refractivity contribution in [2.75, 3.05) is 7.11 Å². The molecule has 0 radical (unpaired) electrons. The number of nitrogens with zero attached hydrogens (tertiary/aromatic N) is 1. The van der Waals surface area contributed by atoms with Crippen molar-refractivity contribution in [3.8, 4) is 0 Å². The van der Waals surface area contributed by atoms with Gasteiger partial charge in [-0.05, 0) is 60.6 Å². The molecule has 0 aliphatic heterocycles. The third-order valence-corrected chi connectivity index (χ3v) is 2.93. The van der Waals surface area contributed by atoms with Crippen molar-refractivity contribution in [2.45, 2.75) is 47.0 Å². The topological polar surface area (TPSA) is 21.6 Å². The average Bonchev–Trinajstić information content (AvgIpc) is 2.14. The zero-order valence-corrected chi connectivity index (χ0v) is 12.0. The lowest BCUT2D eigenvalue weighted by molar-refractivity contribution is 0.213. The number of aryl methyl sites for hydroxylation is 2. The van der Waals surface area contributed by atoms with Crippen LogP contribution in [0.15, 0.2) is 17.3 Å². The Morgan fingerprint density at radius 2 is 1.59 bits per heavy atom. The van der Waals surface area contributed by atoms with Gasteiger partial charge in [-0.3, -0.25) is 0 Å². The molecular weight excluding hydrogens is 210 g/mol. The van der Waals surface area contributed by atoms with E-state index in [1.54, 1.807) is 7.11 Å². The first-order chi connectivity index (χ1) is 7.77. The van der Waals surface area contributed by atoms with Crippen LogP contribution in [0.4, 0.5) is 0 Å². The van der Waals surface area contributed by atoms with Crippen molar-refractivity contribution in [3.05, 3.63) is 34.4 Å². The van der Waals surface area contributed by atoms with Crippen LogP contribution in [0, 0.1) is 13.8 Å². The van der Waals surface area contributed by atoms with Gasteiger partial charge in [0.2, 0.25) is 0 Å². The lowest BCUT2D eigenvalue weighted by Gasteiger charge is -2.25. The molecule has 2 heteroatoms. The summed E-state index contributed by atoms with van der Waals surface area (Å²) >= 11 is 0. The van der Waals surface area contributed by atoms with Gasteiger partial charge in [0.25, 0.3) is 0 Å². The van der Waals surface area contributed by atoms with Crippen molar-refractivity contribution in [2.24, 2.45) is 5.16 Å². The molecule has 17 heavy (non-hydrogen) atoms. The summed E-state index contributed by atoms with van der Waals surface area (Å²) in [6.45, 7) is 13.0. The molecule has 0 atom stereocenters. The maximum absolute atomic E-state index is 4.82. The molecule has 0 spiro atoms. The highest BCUT2D eigenvalue weighted by molar-refractivity contribution is 5.98. The van der Waals surface area contributed by atoms with Crippen LogP contribution >= 0.6 is 0 Å². The van der Waals surface area contributed by atoms with E-state index >= 15 is 0 Å². The van der Waals surface area contributed by atoms with Crippen molar-refractivity contribution in [3.63, 3.8) is 0 Å². The molecular formula is C15H23NO. The molecule has 0 saturated heterocycles. The largest absolute Gasteiger partial charge is 0.399 e. The van der Waals surface area contributed by atoms with Crippen LogP contribution in [0.2, 0.25) is 0 Å². The Hall–Kier alpha value is -1.31. The molecule has 1 aromatic carbocycles. The summed E-state index contributed by atoms with van der Waals surface area (Å²) < 4.78 is 0. The van der Waals surface area contributed by atoms with Crippen LogP contribution in [0.25, 0.3) is 0 Å². The van der Waals surface area contributed by atoms with E-state index in [1.807, 2.05) is 6.92 Å². The average molecular weight is 233 g/mol. The van der Waals surface area contributed by atoms with Gasteiger partial charge < -0.3 is 4.84 Å². The Morgan fingerprint density at radius 3 is 1.94 bits per heavy atom. The lowest BCUT2D eigenvalue weighted by Crippen LogP contribution is -2.16. The van der Waals surface area contributed by atoms with E-state index in [2.05, 4.69) is 51.9 Å². The summed E-state index contributed by atoms with van der Waals surface area (Å²) in [6, 6.07) is 4.37. The Balaban J connectivity index is 3.33. The summed E-state index contributed by atoms with van der Waals surface area (Å²) in [5, 5.41) is 3.99. The fourth-order valence-corrected chi connectivity index (χ4v) is 2.55. The second kappa shape index (κ2) is 4.91. The van der Waals surface area contributed by atoms with Gasteiger partial charge in [0, 0.05) is 0 Å². The molecule has 0 aliphatic rings. The fraction of sp³-hybridized carbons (Fsp3) is 0.533. The second-order valence-corrected chi connectivity index (χ2v) is 5.59. The maximum atomic E-state index is 4.82. The predicted molar refractivity (Wildman–Crippen MR) is 73.8 cm³/mol. The SMILES string of the molecule is CO/N=C(\C)c1cc(C)c(C(C)(C)C)c(C)c1. The molecule has 0 fully saturated rings. The summed E-state index contributed by atoms with van der Waals surface area (Å²) in [5.41, 5.74) is 6.29.